The van der Waals surface area contributed by atoms with Gasteiger partial charge in [-0.2, -0.15) is 9.97 Å². The van der Waals surface area contributed by atoms with E-state index in [4.69, 9.17) is 24.9 Å². The molecule has 68 heavy (non-hydrogen) atoms. The average Bonchev–Trinajstić information content (AvgIpc) is 3.94. The number of aromatic nitrogens is 7. The number of nitrogens with zero attached hydrogens (tertiary/aromatic N) is 7. The second kappa shape index (κ2) is 16.3. The zero-order valence-electron chi connectivity index (χ0n) is 36.6. The molecule has 0 fully saturated rings. The van der Waals surface area contributed by atoms with Crippen LogP contribution in [0.15, 0.2) is 237 Å². The first-order valence-corrected chi connectivity index (χ1v) is 22.7. The highest BCUT2D eigenvalue weighted by molar-refractivity contribution is 6.26. The molecule has 13 aromatic rings. The number of hydrogen-bond acceptors (Lipinski definition) is 5. The third-order valence-corrected chi connectivity index (χ3v) is 12.9. The van der Waals surface area contributed by atoms with Crippen molar-refractivity contribution >= 4 is 43.6 Å². The summed E-state index contributed by atoms with van der Waals surface area (Å²) in [6.07, 6.45) is 3.69. The standard InChI is InChI=1S/C61H39N7/c1-4-16-40(17-5-1)42-20-14-21-43(36-42)44-22-15-23-47(37-44)60-64-59(41-18-6-2-7-19-41)65-61(66-60)68-54-31-28-45(52-26-10-12-34-62-52)38-50(54)49-30-33-56-57(58(49)68)51-39-46(53-27-11-13-35-63-53)29-32-55(51)67(56)48-24-8-3-9-25-48/h1-39H. The third-order valence-electron chi connectivity index (χ3n) is 12.9. The summed E-state index contributed by atoms with van der Waals surface area (Å²) in [4.78, 5) is 25.7. The third kappa shape index (κ3) is 6.72. The molecule has 5 heterocycles. The van der Waals surface area contributed by atoms with Crippen LogP contribution in [-0.2, 0) is 0 Å². The van der Waals surface area contributed by atoms with Crippen LogP contribution in [0.25, 0.3) is 123 Å². The predicted molar refractivity (Wildman–Crippen MR) is 277 cm³/mol. The Kier molecular flexibility index (Phi) is 9.35. The van der Waals surface area contributed by atoms with Crippen molar-refractivity contribution < 1.29 is 0 Å². The second-order valence-corrected chi connectivity index (χ2v) is 16.9. The van der Waals surface area contributed by atoms with Crippen molar-refractivity contribution in [3.63, 3.8) is 0 Å². The van der Waals surface area contributed by atoms with Gasteiger partial charge in [-0.3, -0.25) is 14.5 Å². The molecule has 0 saturated heterocycles. The Morgan fingerprint density at radius 3 is 1.43 bits per heavy atom. The van der Waals surface area contributed by atoms with E-state index in [2.05, 4.69) is 185 Å². The van der Waals surface area contributed by atoms with Crippen molar-refractivity contribution in [2.75, 3.05) is 0 Å². The molecule has 0 amide bonds. The molecule has 0 aliphatic carbocycles. The molecule has 0 aliphatic heterocycles. The van der Waals surface area contributed by atoms with Gasteiger partial charge in [-0.15, -0.1) is 0 Å². The number of benzene rings is 8. The molecule has 0 unspecified atom stereocenters. The van der Waals surface area contributed by atoms with E-state index in [1.807, 2.05) is 60.9 Å². The minimum atomic E-state index is 0.518. The van der Waals surface area contributed by atoms with Gasteiger partial charge in [-0.05, 0) is 101 Å². The van der Waals surface area contributed by atoms with Crippen LogP contribution in [-0.4, -0.2) is 34.1 Å². The smallest absolute Gasteiger partial charge is 0.238 e. The summed E-state index contributed by atoms with van der Waals surface area (Å²) in [5.41, 5.74) is 15.3. The fourth-order valence-electron chi connectivity index (χ4n) is 9.72. The van der Waals surface area contributed by atoms with Crippen LogP contribution >= 0.6 is 0 Å². The molecular formula is C61H39N7. The van der Waals surface area contributed by atoms with Gasteiger partial charge < -0.3 is 4.57 Å². The van der Waals surface area contributed by atoms with Gasteiger partial charge in [0.05, 0.1) is 33.5 Å². The Balaban J connectivity index is 1.11. The van der Waals surface area contributed by atoms with Gasteiger partial charge in [-0.1, -0.05) is 146 Å². The van der Waals surface area contributed by atoms with Crippen LogP contribution in [0.5, 0.6) is 0 Å². The second-order valence-electron chi connectivity index (χ2n) is 16.9. The number of pyridine rings is 2. The van der Waals surface area contributed by atoms with Crippen LogP contribution < -0.4 is 0 Å². The number of hydrogen-bond donors (Lipinski definition) is 0. The molecule has 0 bridgehead atoms. The Bertz CT molecular complexity index is 4000. The summed E-state index contributed by atoms with van der Waals surface area (Å²) in [6.45, 7) is 0. The summed E-state index contributed by atoms with van der Waals surface area (Å²) >= 11 is 0. The molecular weight excluding hydrogens is 831 g/mol. The first kappa shape index (κ1) is 39.1. The Morgan fingerprint density at radius 1 is 0.294 bits per heavy atom. The molecule has 8 aromatic carbocycles. The summed E-state index contributed by atoms with van der Waals surface area (Å²) in [6, 6.07) is 78.4. The minimum Gasteiger partial charge on any atom is -0.309 e. The zero-order valence-corrected chi connectivity index (χ0v) is 36.6. The summed E-state index contributed by atoms with van der Waals surface area (Å²) in [5, 5.41) is 4.31. The molecule has 5 aromatic heterocycles. The van der Waals surface area contributed by atoms with E-state index in [0.717, 1.165) is 99.6 Å². The lowest BCUT2D eigenvalue weighted by Gasteiger charge is -2.13. The summed E-state index contributed by atoms with van der Waals surface area (Å²) < 4.78 is 4.61. The lowest BCUT2D eigenvalue weighted by atomic mass is 9.98. The molecule has 7 nitrogen and oxygen atoms in total. The van der Waals surface area contributed by atoms with Crippen LogP contribution in [0, 0.1) is 0 Å². The maximum absolute atomic E-state index is 5.48. The van der Waals surface area contributed by atoms with Gasteiger partial charge in [0.1, 0.15) is 0 Å². The summed E-state index contributed by atoms with van der Waals surface area (Å²) in [7, 11) is 0. The molecule has 13 rings (SSSR count). The first-order valence-electron chi connectivity index (χ1n) is 22.7. The van der Waals surface area contributed by atoms with E-state index in [1.54, 1.807) is 0 Å². The monoisotopic (exact) mass is 869 g/mol. The van der Waals surface area contributed by atoms with E-state index < -0.39 is 0 Å². The van der Waals surface area contributed by atoms with Crippen LogP contribution in [0.4, 0.5) is 0 Å². The van der Waals surface area contributed by atoms with Gasteiger partial charge in [0, 0.05) is 61.9 Å². The Hall–Kier alpha value is -9.33. The fourth-order valence-corrected chi connectivity index (χ4v) is 9.72. The number of rotatable bonds is 8. The van der Waals surface area contributed by atoms with Crippen molar-refractivity contribution in [1.29, 1.82) is 0 Å². The molecule has 0 N–H and O–H groups in total. The first-order chi connectivity index (χ1) is 33.7. The SMILES string of the molecule is c1ccc(-c2cccc(-c3cccc(-c4nc(-c5ccccc5)nc(-n5c6ccc(-c7ccccn7)cc6c6ccc7c(c8cc(-c9ccccn9)ccc8n7-c7ccccc7)c65)n4)c3)c2)cc1. The highest BCUT2D eigenvalue weighted by Gasteiger charge is 2.24. The largest absolute Gasteiger partial charge is 0.309 e. The normalized spacial score (nSPS) is 11.5. The van der Waals surface area contributed by atoms with E-state index in [0.29, 0.717) is 17.6 Å². The Morgan fingerprint density at radius 2 is 0.794 bits per heavy atom. The zero-order chi connectivity index (χ0) is 45.0. The fraction of sp³-hybridized carbons (Fsp3) is 0. The molecule has 0 aliphatic rings. The Labute approximate surface area is 392 Å². The summed E-state index contributed by atoms with van der Waals surface area (Å²) in [5.74, 6) is 1.68. The van der Waals surface area contributed by atoms with Crippen molar-refractivity contribution in [3.05, 3.63) is 237 Å². The average molecular weight is 870 g/mol. The maximum atomic E-state index is 5.48. The van der Waals surface area contributed by atoms with Crippen LogP contribution in [0.2, 0.25) is 0 Å². The van der Waals surface area contributed by atoms with Gasteiger partial charge >= 0.3 is 0 Å². The van der Waals surface area contributed by atoms with E-state index in [1.165, 1.54) is 5.56 Å². The molecule has 318 valence electrons. The van der Waals surface area contributed by atoms with E-state index in [9.17, 15) is 0 Å². The molecule has 0 spiro atoms. The van der Waals surface area contributed by atoms with Crippen molar-refractivity contribution in [2.24, 2.45) is 0 Å². The van der Waals surface area contributed by atoms with E-state index in [-0.39, 0.29) is 0 Å². The van der Waals surface area contributed by atoms with Crippen molar-refractivity contribution in [3.8, 4) is 79.2 Å². The lowest BCUT2D eigenvalue weighted by Crippen LogP contribution is -2.06. The van der Waals surface area contributed by atoms with Gasteiger partial charge in [0.25, 0.3) is 0 Å². The molecule has 0 radical (unpaired) electrons. The molecule has 0 saturated carbocycles. The molecule has 0 atom stereocenters. The quantitative estimate of drug-likeness (QED) is 0.152. The highest BCUT2D eigenvalue weighted by atomic mass is 15.2. The minimum absolute atomic E-state index is 0.518. The van der Waals surface area contributed by atoms with Gasteiger partial charge in [-0.25, -0.2) is 4.98 Å². The highest BCUT2D eigenvalue weighted by Crippen LogP contribution is 2.44. The van der Waals surface area contributed by atoms with Crippen LogP contribution in [0.3, 0.4) is 0 Å². The van der Waals surface area contributed by atoms with Crippen molar-refractivity contribution in [2.45, 2.75) is 0 Å². The molecule has 7 heteroatoms. The van der Waals surface area contributed by atoms with Crippen molar-refractivity contribution in [1.82, 2.24) is 34.1 Å². The lowest BCUT2D eigenvalue weighted by molar-refractivity contribution is 0.955. The maximum Gasteiger partial charge on any atom is 0.238 e. The topological polar surface area (TPSA) is 74.3 Å². The van der Waals surface area contributed by atoms with Crippen LogP contribution in [0.1, 0.15) is 0 Å². The van der Waals surface area contributed by atoms with Gasteiger partial charge in [0.15, 0.2) is 11.6 Å². The number of fused-ring (bicyclic) bond motifs is 7. The van der Waals surface area contributed by atoms with Gasteiger partial charge in [0.2, 0.25) is 5.95 Å². The van der Waals surface area contributed by atoms with E-state index >= 15 is 0 Å². The number of para-hydroxylation sites is 1. The predicted octanol–water partition coefficient (Wildman–Crippen LogP) is 14.9.